The van der Waals surface area contributed by atoms with Crippen LogP contribution in [0.3, 0.4) is 0 Å². The highest BCUT2D eigenvalue weighted by atomic mass is 16.2. The maximum atomic E-state index is 11.6. The van der Waals surface area contributed by atoms with Gasteiger partial charge in [0.05, 0.1) is 5.41 Å². The van der Waals surface area contributed by atoms with E-state index < -0.39 is 0 Å². The number of rotatable bonds is 2. The topological polar surface area (TPSA) is 41.1 Å². The first kappa shape index (κ1) is 10.5. The highest BCUT2D eigenvalue weighted by Crippen LogP contribution is 2.26. The molecule has 0 bridgehead atoms. The van der Waals surface area contributed by atoms with Crippen molar-refractivity contribution in [1.82, 2.24) is 10.6 Å². The van der Waals surface area contributed by atoms with Crippen LogP contribution in [0.5, 0.6) is 0 Å². The lowest BCUT2D eigenvalue weighted by Gasteiger charge is -2.36. The molecule has 1 fully saturated rings. The van der Waals surface area contributed by atoms with Crippen LogP contribution in [0.2, 0.25) is 0 Å². The van der Waals surface area contributed by atoms with E-state index in [9.17, 15) is 4.79 Å². The van der Waals surface area contributed by atoms with Gasteiger partial charge in [-0.05, 0) is 33.2 Å². The fraction of sp³-hybridized carbons (Fsp3) is 0.900. The van der Waals surface area contributed by atoms with Gasteiger partial charge in [0, 0.05) is 13.1 Å². The molecule has 2 N–H and O–H groups in total. The number of carbonyl (C=O) groups is 1. The van der Waals surface area contributed by atoms with Crippen molar-refractivity contribution in [2.75, 3.05) is 13.6 Å². The van der Waals surface area contributed by atoms with E-state index in [0.29, 0.717) is 6.04 Å². The van der Waals surface area contributed by atoms with E-state index in [1.54, 1.807) is 7.05 Å². The summed E-state index contributed by atoms with van der Waals surface area (Å²) in [4.78, 5) is 11.6. The van der Waals surface area contributed by atoms with Crippen molar-refractivity contribution in [3.05, 3.63) is 0 Å². The van der Waals surface area contributed by atoms with Crippen molar-refractivity contribution in [3.8, 4) is 0 Å². The van der Waals surface area contributed by atoms with Crippen LogP contribution in [0.25, 0.3) is 0 Å². The Hall–Kier alpha value is -0.570. The molecule has 1 amide bonds. The second-order valence-corrected chi connectivity index (χ2v) is 4.30. The minimum absolute atomic E-state index is 0.131. The number of hydrogen-bond acceptors (Lipinski definition) is 2. The first-order valence-electron chi connectivity index (χ1n) is 5.04. The molecule has 76 valence electrons. The monoisotopic (exact) mass is 184 g/mol. The van der Waals surface area contributed by atoms with Gasteiger partial charge in [-0.15, -0.1) is 0 Å². The molecule has 0 aromatic rings. The molecule has 1 heterocycles. The number of nitrogens with one attached hydrogen (secondary N) is 2. The Bertz CT molecular complexity index is 183. The van der Waals surface area contributed by atoms with E-state index in [1.807, 2.05) is 13.8 Å². The zero-order valence-corrected chi connectivity index (χ0v) is 8.81. The van der Waals surface area contributed by atoms with Crippen LogP contribution in [0, 0.1) is 5.41 Å². The van der Waals surface area contributed by atoms with Gasteiger partial charge in [-0.25, -0.2) is 0 Å². The fourth-order valence-electron chi connectivity index (χ4n) is 1.95. The van der Waals surface area contributed by atoms with Gasteiger partial charge < -0.3 is 10.6 Å². The number of carbonyl (C=O) groups excluding carboxylic acids is 1. The van der Waals surface area contributed by atoms with Gasteiger partial charge in [-0.2, -0.15) is 0 Å². The Morgan fingerprint density at radius 2 is 2.15 bits per heavy atom. The van der Waals surface area contributed by atoms with Crippen molar-refractivity contribution >= 4 is 5.91 Å². The Morgan fingerprint density at radius 3 is 2.62 bits per heavy atom. The molecule has 0 aromatic carbocycles. The lowest BCUT2D eigenvalue weighted by atomic mass is 9.79. The second-order valence-electron chi connectivity index (χ2n) is 4.30. The molecule has 0 unspecified atom stereocenters. The normalized spacial score (nSPS) is 24.1. The van der Waals surface area contributed by atoms with E-state index in [1.165, 1.54) is 12.8 Å². The van der Waals surface area contributed by atoms with Crippen LogP contribution < -0.4 is 10.6 Å². The summed E-state index contributed by atoms with van der Waals surface area (Å²) < 4.78 is 0. The van der Waals surface area contributed by atoms with Crippen molar-refractivity contribution in [1.29, 1.82) is 0 Å². The molecular weight excluding hydrogens is 164 g/mol. The van der Waals surface area contributed by atoms with Crippen molar-refractivity contribution in [3.63, 3.8) is 0 Å². The molecule has 0 saturated carbocycles. The first-order chi connectivity index (χ1) is 6.09. The number of hydrogen-bond donors (Lipinski definition) is 2. The van der Waals surface area contributed by atoms with Gasteiger partial charge in [0.15, 0.2) is 0 Å². The lowest BCUT2D eigenvalue weighted by Crippen LogP contribution is -2.51. The Balaban J connectivity index is 2.60. The Morgan fingerprint density at radius 1 is 1.46 bits per heavy atom. The molecular formula is C10H20N2O. The van der Waals surface area contributed by atoms with Crippen LogP contribution in [-0.4, -0.2) is 25.5 Å². The van der Waals surface area contributed by atoms with Crippen LogP contribution in [0.4, 0.5) is 0 Å². The average molecular weight is 184 g/mol. The molecule has 3 heteroatoms. The summed E-state index contributed by atoms with van der Waals surface area (Å²) in [5, 5.41) is 6.14. The predicted octanol–water partition coefficient (Wildman–Crippen LogP) is 0.901. The summed E-state index contributed by atoms with van der Waals surface area (Å²) in [6, 6.07) is 0.334. The summed E-state index contributed by atoms with van der Waals surface area (Å²) in [7, 11) is 1.70. The van der Waals surface area contributed by atoms with E-state index >= 15 is 0 Å². The third-order valence-corrected chi connectivity index (χ3v) is 2.99. The summed E-state index contributed by atoms with van der Waals surface area (Å²) in [5.74, 6) is 0.131. The van der Waals surface area contributed by atoms with Gasteiger partial charge in [0.25, 0.3) is 0 Å². The largest absolute Gasteiger partial charge is 0.359 e. The molecule has 0 radical (unpaired) electrons. The zero-order chi connectivity index (χ0) is 9.90. The molecule has 0 aromatic heterocycles. The zero-order valence-electron chi connectivity index (χ0n) is 8.81. The molecule has 0 spiro atoms. The fourth-order valence-corrected chi connectivity index (χ4v) is 1.95. The summed E-state index contributed by atoms with van der Waals surface area (Å²) in [5.41, 5.74) is -0.283. The second kappa shape index (κ2) is 4.09. The standard InChI is InChI=1S/C10H20N2O/c1-10(2,9(13)11-3)8-6-4-5-7-12-8/h8,12H,4-7H2,1-3H3,(H,11,13)/t8-/m0/s1. The van der Waals surface area contributed by atoms with Crippen molar-refractivity contribution in [2.45, 2.75) is 39.2 Å². The quantitative estimate of drug-likeness (QED) is 0.669. The highest BCUT2D eigenvalue weighted by Gasteiger charge is 2.36. The van der Waals surface area contributed by atoms with Crippen LogP contribution in [-0.2, 0) is 4.79 Å². The van der Waals surface area contributed by atoms with Crippen LogP contribution in [0.15, 0.2) is 0 Å². The van der Waals surface area contributed by atoms with Gasteiger partial charge in [0.2, 0.25) is 5.91 Å². The van der Waals surface area contributed by atoms with E-state index in [4.69, 9.17) is 0 Å². The van der Waals surface area contributed by atoms with Gasteiger partial charge in [-0.3, -0.25) is 4.79 Å². The van der Waals surface area contributed by atoms with E-state index in [-0.39, 0.29) is 11.3 Å². The van der Waals surface area contributed by atoms with E-state index in [2.05, 4.69) is 10.6 Å². The highest BCUT2D eigenvalue weighted by molar-refractivity contribution is 5.82. The third-order valence-electron chi connectivity index (χ3n) is 2.99. The third kappa shape index (κ3) is 2.21. The maximum Gasteiger partial charge on any atom is 0.226 e. The average Bonchev–Trinajstić information content (AvgIpc) is 2.18. The van der Waals surface area contributed by atoms with Gasteiger partial charge >= 0.3 is 0 Å². The molecule has 13 heavy (non-hydrogen) atoms. The Kier molecular flexibility index (Phi) is 3.31. The summed E-state index contributed by atoms with van der Waals surface area (Å²) >= 11 is 0. The predicted molar refractivity (Wildman–Crippen MR) is 53.5 cm³/mol. The maximum absolute atomic E-state index is 11.6. The SMILES string of the molecule is CNC(=O)C(C)(C)[C@@H]1CCCCN1. The van der Waals surface area contributed by atoms with Crippen LogP contribution >= 0.6 is 0 Å². The minimum atomic E-state index is -0.283. The molecule has 3 nitrogen and oxygen atoms in total. The van der Waals surface area contributed by atoms with Gasteiger partial charge in [-0.1, -0.05) is 6.42 Å². The number of piperidine rings is 1. The smallest absolute Gasteiger partial charge is 0.226 e. The molecule has 1 atom stereocenters. The number of amides is 1. The molecule has 0 aliphatic carbocycles. The lowest BCUT2D eigenvalue weighted by molar-refractivity contribution is -0.130. The molecule has 1 aliphatic rings. The Labute approximate surface area is 80.3 Å². The molecule has 1 aliphatic heterocycles. The van der Waals surface area contributed by atoms with Gasteiger partial charge in [0.1, 0.15) is 0 Å². The summed E-state index contributed by atoms with van der Waals surface area (Å²) in [6.07, 6.45) is 3.58. The van der Waals surface area contributed by atoms with Crippen molar-refractivity contribution < 1.29 is 4.79 Å². The summed E-state index contributed by atoms with van der Waals surface area (Å²) in [6.45, 7) is 5.06. The molecule has 1 rings (SSSR count). The van der Waals surface area contributed by atoms with E-state index in [0.717, 1.165) is 13.0 Å². The minimum Gasteiger partial charge on any atom is -0.359 e. The van der Waals surface area contributed by atoms with Crippen LogP contribution in [0.1, 0.15) is 33.1 Å². The van der Waals surface area contributed by atoms with Crippen molar-refractivity contribution in [2.24, 2.45) is 5.41 Å². The first-order valence-corrected chi connectivity index (χ1v) is 5.04. The molecule has 1 saturated heterocycles.